The number of amides is 1. The number of nitrogens with one attached hydrogen (secondary N) is 3. The monoisotopic (exact) mass is 449 g/mol. The number of rotatable bonds is 10. The van der Waals surface area contributed by atoms with Gasteiger partial charge in [0, 0.05) is 44.0 Å². The summed E-state index contributed by atoms with van der Waals surface area (Å²) in [4.78, 5) is 18.9. The summed E-state index contributed by atoms with van der Waals surface area (Å²) < 4.78 is 5.58. The van der Waals surface area contributed by atoms with Gasteiger partial charge in [0.25, 0.3) is 5.91 Å². The molecule has 0 radical (unpaired) electrons. The molecule has 2 fully saturated rings. The number of hydrogen-bond acceptors (Lipinski definition) is 4. The summed E-state index contributed by atoms with van der Waals surface area (Å²) in [5.74, 6) is 1.54. The van der Waals surface area contributed by atoms with Crippen molar-refractivity contribution in [1.29, 1.82) is 0 Å². The molecule has 1 heterocycles. The van der Waals surface area contributed by atoms with Crippen molar-refractivity contribution in [3.05, 3.63) is 60.2 Å². The maximum absolute atomic E-state index is 11.7. The number of carbonyl (C=O) groups is 1. The SMILES string of the molecule is CCNC(=NCCc1ccc(OCC(=O)NC2CC2)cc1)NC1CCN(c2ccccc2)C1. The molecule has 2 aliphatic rings. The Kier molecular flexibility index (Phi) is 8.06. The predicted molar refractivity (Wildman–Crippen MR) is 133 cm³/mol. The molecule has 3 N–H and O–H groups in total. The van der Waals surface area contributed by atoms with E-state index in [0.29, 0.717) is 24.4 Å². The third-order valence-electron chi connectivity index (χ3n) is 5.90. The minimum Gasteiger partial charge on any atom is -0.484 e. The zero-order chi connectivity index (χ0) is 22.9. The highest BCUT2D eigenvalue weighted by Gasteiger charge is 2.24. The quantitative estimate of drug-likeness (QED) is 0.384. The van der Waals surface area contributed by atoms with Gasteiger partial charge in [-0.3, -0.25) is 9.79 Å². The van der Waals surface area contributed by atoms with Gasteiger partial charge in [-0.05, 0) is 62.4 Å². The molecule has 1 amide bonds. The van der Waals surface area contributed by atoms with Crippen LogP contribution in [0, 0.1) is 0 Å². The Bertz CT molecular complexity index is 912. The van der Waals surface area contributed by atoms with Crippen LogP contribution in [0.3, 0.4) is 0 Å². The summed E-state index contributed by atoms with van der Waals surface area (Å²) in [6.07, 6.45) is 4.11. The van der Waals surface area contributed by atoms with Gasteiger partial charge in [0.15, 0.2) is 12.6 Å². The highest BCUT2D eigenvalue weighted by atomic mass is 16.5. The van der Waals surface area contributed by atoms with Crippen LogP contribution in [0.1, 0.15) is 31.7 Å². The van der Waals surface area contributed by atoms with Crippen molar-refractivity contribution in [3.8, 4) is 5.75 Å². The minimum absolute atomic E-state index is 0.0477. The van der Waals surface area contributed by atoms with Crippen LogP contribution in [0.5, 0.6) is 5.75 Å². The van der Waals surface area contributed by atoms with E-state index in [1.807, 2.05) is 24.3 Å². The number of ether oxygens (including phenoxy) is 1. The van der Waals surface area contributed by atoms with Crippen molar-refractivity contribution >= 4 is 17.6 Å². The molecule has 1 aliphatic carbocycles. The first-order chi connectivity index (χ1) is 16.2. The van der Waals surface area contributed by atoms with Crippen LogP contribution in [0.15, 0.2) is 59.6 Å². The van der Waals surface area contributed by atoms with E-state index in [1.165, 1.54) is 11.3 Å². The Morgan fingerprint density at radius 2 is 1.82 bits per heavy atom. The summed E-state index contributed by atoms with van der Waals surface area (Å²) in [5, 5.41) is 9.89. The fraction of sp³-hybridized carbons (Fsp3) is 0.462. The summed E-state index contributed by atoms with van der Waals surface area (Å²) in [7, 11) is 0. The molecule has 7 heteroatoms. The number of guanidine groups is 1. The summed E-state index contributed by atoms with van der Waals surface area (Å²) in [6, 6.07) is 19.2. The van der Waals surface area contributed by atoms with E-state index in [1.54, 1.807) is 0 Å². The first kappa shape index (κ1) is 23.0. The molecule has 1 aliphatic heterocycles. The van der Waals surface area contributed by atoms with Crippen molar-refractivity contribution in [2.24, 2.45) is 4.99 Å². The van der Waals surface area contributed by atoms with Crippen LogP contribution in [-0.2, 0) is 11.2 Å². The number of para-hydroxylation sites is 1. The van der Waals surface area contributed by atoms with Crippen molar-refractivity contribution < 1.29 is 9.53 Å². The Morgan fingerprint density at radius 3 is 2.55 bits per heavy atom. The Morgan fingerprint density at radius 1 is 1.03 bits per heavy atom. The normalized spacial score (nSPS) is 18.2. The van der Waals surface area contributed by atoms with Gasteiger partial charge < -0.3 is 25.6 Å². The highest BCUT2D eigenvalue weighted by Crippen LogP contribution is 2.20. The molecule has 2 aromatic carbocycles. The van der Waals surface area contributed by atoms with Crippen molar-refractivity contribution in [1.82, 2.24) is 16.0 Å². The van der Waals surface area contributed by atoms with E-state index in [4.69, 9.17) is 9.73 Å². The van der Waals surface area contributed by atoms with Gasteiger partial charge in [-0.2, -0.15) is 0 Å². The average Bonchev–Trinajstić information content (AvgIpc) is 3.53. The zero-order valence-electron chi connectivity index (χ0n) is 19.4. The maximum Gasteiger partial charge on any atom is 0.258 e. The molecule has 0 bridgehead atoms. The lowest BCUT2D eigenvalue weighted by molar-refractivity contribution is -0.123. The predicted octanol–water partition coefficient (Wildman–Crippen LogP) is 2.72. The lowest BCUT2D eigenvalue weighted by Crippen LogP contribution is -2.44. The molecular weight excluding hydrogens is 414 g/mol. The third-order valence-corrected chi connectivity index (χ3v) is 5.90. The van der Waals surface area contributed by atoms with Crippen molar-refractivity contribution in [2.45, 2.75) is 44.7 Å². The molecule has 33 heavy (non-hydrogen) atoms. The summed E-state index contributed by atoms with van der Waals surface area (Å²) >= 11 is 0. The van der Waals surface area contributed by atoms with Gasteiger partial charge in [0.2, 0.25) is 0 Å². The maximum atomic E-state index is 11.7. The molecule has 176 valence electrons. The van der Waals surface area contributed by atoms with E-state index < -0.39 is 0 Å². The molecular formula is C26H35N5O2. The minimum atomic E-state index is -0.0477. The van der Waals surface area contributed by atoms with Gasteiger partial charge >= 0.3 is 0 Å². The van der Waals surface area contributed by atoms with Gasteiger partial charge in [-0.1, -0.05) is 30.3 Å². The number of aliphatic imine (C=N–C) groups is 1. The molecule has 1 saturated heterocycles. The fourth-order valence-corrected chi connectivity index (χ4v) is 3.96. The number of anilines is 1. The van der Waals surface area contributed by atoms with Crippen LogP contribution in [0.2, 0.25) is 0 Å². The van der Waals surface area contributed by atoms with Crippen LogP contribution >= 0.6 is 0 Å². The van der Waals surface area contributed by atoms with Crippen LogP contribution in [0.25, 0.3) is 0 Å². The Labute approximate surface area is 196 Å². The highest BCUT2D eigenvalue weighted by molar-refractivity contribution is 5.80. The molecule has 1 unspecified atom stereocenters. The van der Waals surface area contributed by atoms with Crippen LogP contribution < -0.4 is 25.6 Å². The topological polar surface area (TPSA) is 78.0 Å². The largest absolute Gasteiger partial charge is 0.484 e. The van der Waals surface area contributed by atoms with Gasteiger partial charge in [-0.15, -0.1) is 0 Å². The molecule has 0 spiro atoms. The van der Waals surface area contributed by atoms with Crippen molar-refractivity contribution in [2.75, 3.05) is 37.7 Å². The van der Waals surface area contributed by atoms with Crippen molar-refractivity contribution in [3.63, 3.8) is 0 Å². The molecule has 2 aromatic rings. The van der Waals surface area contributed by atoms with Gasteiger partial charge in [-0.25, -0.2) is 0 Å². The third kappa shape index (κ3) is 7.41. The van der Waals surface area contributed by atoms with Crippen LogP contribution in [0.4, 0.5) is 5.69 Å². The Balaban J connectivity index is 1.21. The number of benzene rings is 2. The molecule has 1 atom stereocenters. The van der Waals surface area contributed by atoms with E-state index >= 15 is 0 Å². The summed E-state index contributed by atoms with van der Waals surface area (Å²) in [5.41, 5.74) is 2.47. The average molecular weight is 450 g/mol. The van der Waals surface area contributed by atoms with E-state index in [9.17, 15) is 4.79 Å². The van der Waals surface area contributed by atoms with Crippen LogP contribution in [-0.4, -0.2) is 56.7 Å². The lowest BCUT2D eigenvalue weighted by atomic mass is 10.1. The molecule has 1 saturated carbocycles. The van der Waals surface area contributed by atoms with Gasteiger partial charge in [0.05, 0.1) is 0 Å². The van der Waals surface area contributed by atoms with Gasteiger partial charge in [0.1, 0.15) is 5.75 Å². The fourth-order valence-electron chi connectivity index (χ4n) is 3.96. The van der Waals surface area contributed by atoms with E-state index in [-0.39, 0.29) is 12.5 Å². The lowest BCUT2D eigenvalue weighted by Gasteiger charge is -2.20. The molecule has 4 rings (SSSR count). The number of hydrogen-bond donors (Lipinski definition) is 3. The number of nitrogens with zero attached hydrogens (tertiary/aromatic N) is 2. The van der Waals surface area contributed by atoms with E-state index in [0.717, 1.165) is 51.3 Å². The second kappa shape index (κ2) is 11.6. The first-order valence-electron chi connectivity index (χ1n) is 12.1. The summed E-state index contributed by atoms with van der Waals surface area (Å²) in [6.45, 7) is 5.73. The Hall–Kier alpha value is -3.22. The number of carbonyl (C=O) groups excluding carboxylic acids is 1. The second-order valence-electron chi connectivity index (χ2n) is 8.70. The van der Waals surface area contributed by atoms with E-state index in [2.05, 4.69) is 58.1 Å². The molecule has 7 nitrogen and oxygen atoms in total. The second-order valence-corrected chi connectivity index (χ2v) is 8.70. The smallest absolute Gasteiger partial charge is 0.258 e. The standard InChI is InChI=1S/C26H35N5O2/c1-2-27-26(30-22-15-17-31(18-22)23-6-4-3-5-7-23)28-16-14-20-8-12-24(13-9-20)33-19-25(32)29-21-10-11-21/h3-9,12-13,21-22H,2,10-11,14-19H2,1H3,(H,29,32)(H2,27,28,30). The zero-order valence-corrected chi connectivity index (χ0v) is 19.4. The first-order valence-corrected chi connectivity index (χ1v) is 12.1. The molecule has 0 aromatic heterocycles.